The van der Waals surface area contributed by atoms with Gasteiger partial charge in [-0.05, 0) is 60.7 Å². The fraction of sp³-hybridized carbons (Fsp3) is 0. The van der Waals surface area contributed by atoms with Gasteiger partial charge in [0.15, 0.2) is 17.5 Å². The number of nitrogens with zero attached hydrogens (tertiary/aromatic N) is 5. The van der Waals surface area contributed by atoms with Crippen LogP contribution in [-0.4, -0.2) is 24.1 Å². The van der Waals surface area contributed by atoms with Gasteiger partial charge < -0.3 is 13.6 Å². The van der Waals surface area contributed by atoms with Crippen molar-refractivity contribution in [1.29, 1.82) is 0 Å². The third kappa shape index (κ3) is 4.81. The lowest BCUT2D eigenvalue weighted by atomic mass is 10.1. The van der Waals surface area contributed by atoms with Gasteiger partial charge in [-0.25, -0.2) is 15.0 Å². The molecule has 0 atom stereocenters. The van der Waals surface area contributed by atoms with Gasteiger partial charge in [-0.15, -0.1) is 0 Å². The summed E-state index contributed by atoms with van der Waals surface area (Å²) in [6.45, 7) is 0. The van der Waals surface area contributed by atoms with Gasteiger partial charge in [0.25, 0.3) is 0 Å². The van der Waals surface area contributed by atoms with Gasteiger partial charge in [-0.1, -0.05) is 127 Å². The Kier molecular flexibility index (Phi) is 5.82. The van der Waals surface area contributed by atoms with E-state index < -0.39 is 18.1 Å². The lowest BCUT2D eigenvalue weighted by molar-refractivity contribution is 0.669. The first-order valence-corrected chi connectivity index (χ1v) is 18.7. The second-order valence-corrected chi connectivity index (χ2v) is 14.0. The largest absolute Gasteiger partial charge is 0.456 e. The molecule has 57 heavy (non-hydrogen) atoms. The third-order valence-corrected chi connectivity index (χ3v) is 10.9. The average Bonchev–Trinajstić information content (AvgIpc) is 3.98. The lowest BCUT2D eigenvalue weighted by Crippen LogP contribution is -2.00. The minimum Gasteiger partial charge on any atom is -0.456 e. The van der Waals surface area contributed by atoms with E-state index >= 15 is 0 Å². The molecule has 266 valence electrons. The Balaban J connectivity index is 1.08. The first kappa shape index (κ1) is 26.9. The highest BCUT2D eigenvalue weighted by Crippen LogP contribution is 2.44. The van der Waals surface area contributed by atoms with Gasteiger partial charge >= 0.3 is 0 Å². The van der Waals surface area contributed by atoms with Crippen LogP contribution in [0, 0.1) is 0 Å². The summed E-state index contributed by atoms with van der Waals surface area (Å²) in [5, 5.41) is 6.55. The number of rotatable bonds is 5. The fourth-order valence-corrected chi connectivity index (χ4v) is 8.46. The van der Waals surface area contributed by atoms with E-state index in [1.165, 1.54) is 16.2 Å². The molecule has 0 N–H and O–H groups in total. The normalized spacial score (nSPS) is 13.1. The molecule has 0 aliphatic carbocycles. The summed E-state index contributed by atoms with van der Waals surface area (Å²) in [6.07, 6.45) is 0. The number of hydrogen-bond donors (Lipinski definition) is 0. The fourth-order valence-electron chi connectivity index (χ4n) is 8.46. The maximum atomic E-state index is 8.69. The Labute approximate surface area is 333 Å². The average molecular weight is 735 g/mol. The van der Waals surface area contributed by atoms with Crippen LogP contribution in [0.5, 0.6) is 0 Å². The van der Waals surface area contributed by atoms with E-state index in [0.717, 1.165) is 49.6 Å². The van der Waals surface area contributed by atoms with Crippen molar-refractivity contribution in [2.24, 2.45) is 0 Å². The van der Waals surface area contributed by atoms with Crippen molar-refractivity contribution in [1.82, 2.24) is 24.1 Å². The summed E-state index contributed by atoms with van der Waals surface area (Å²) in [6, 6.07) is 51.2. The van der Waals surface area contributed by atoms with Crippen LogP contribution in [0.1, 0.15) is 6.85 Å². The second-order valence-electron chi connectivity index (χ2n) is 14.0. The summed E-state index contributed by atoms with van der Waals surface area (Å²) >= 11 is 0. The van der Waals surface area contributed by atoms with Crippen LogP contribution in [0.2, 0.25) is 0 Å². The molecular formula is C51H31N5O. The number of para-hydroxylation sites is 3. The van der Waals surface area contributed by atoms with E-state index in [-0.39, 0.29) is 29.3 Å². The van der Waals surface area contributed by atoms with Crippen molar-refractivity contribution in [3.05, 3.63) is 188 Å². The van der Waals surface area contributed by atoms with Gasteiger partial charge in [0, 0.05) is 49.3 Å². The molecule has 0 bridgehead atoms. The van der Waals surface area contributed by atoms with E-state index in [0.29, 0.717) is 28.1 Å². The zero-order valence-electron chi connectivity index (χ0n) is 35.2. The van der Waals surface area contributed by atoms with Crippen molar-refractivity contribution >= 4 is 65.6 Å². The molecule has 4 aromatic heterocycles. The molecule has 12 aromatic rings. The summed E-state index contributed by atoms with van der Waals surface area (Å²) in [7, 11) is 0. The zero-order chi connectivity index (χ0) is 41.8. The summed E-state index contributed by atoms with van der Waals surface area (Å²) in [4.78, 5) is 14.3. The summed E-state index contributed by atoms with van der Waals surface area (Å²) < 4.78 is 53.5. The molecule has 0 aliphatic heterocycles. The monoisotopic (exact) mass is 734 g/mol. The van der Waals surface area contributed by atoms with Crippen molar-refractivity contribution in [2.45, 2.75) is 0 Å². The topological polar surface area (TPSA) is 61.7 Å². The zero-order valence-corrected chi connectivity index (χ0v) is 30.2. The number of aromatic nitrogens is 5. The lowest BCUT2D eigenvalue weighted by Gasteiger charge is -2.10. The molecule has 12 rings (SSSR count). The van der Waals surface area contributed by atoms with E-state index in [1.54, 1.807) is 0 Å². The highest BCUT2D eigenvalue weighted by molar-refractivity contribution is 6.29. The Morgan fingerprint density at radius 3 is 1.72 bits per heavy atom. The van der Waals surface area contributed by atoms with Crippen LogP contribution in [0.15, 0.2) is 192 Å². The molecule has 0 spiro atoms. The first-order valence-electron chi connectivity index (χ1n) is 21.2. The number of benzene rings is 8. The highest BCUT2D eigenvalue weighted by Gasteiger charge is 2.23. The molecule has 0 unspecified atom stereocenters. The van der Waals surface area contributed by atoms with Crippen LogP contribution in [-0.2, 0) is 0 Å². The van der Waals surface area contributed by atoms with Gasteiger partial charge in [-0.2, -0.15) is 0 Å². The molecule has 6 nitrogen and oxygen atoms in total. The molecule has 0 radical (unpaired) electrons. The highest BCUT2D eigenvalue weighted by atomic mass is 16.3. The van der Waals surface area contributed by atoms with Crippen molar-refractivity contribution < 1.29 is 11.3 Å². The van der Waals surface area contributed by atoms with Crippen LogP contribution in [0.4, 0.5) is 0 Å². The van der Waals surface area contributed by atoms with Crippen molar-refractivity contribution in [3.8, 4) is 45.5 Å². The van der Waals surface area contributed by atoms with Crippen LogP contribution >= 0.6 is 0 Å². The molecular weight excluding hydrogens is 699 g/mol. The van der Waals surface area contributed by atoms with Gasteiger partial charge in [0.1, 0.15) is 11.2 Å². The van der Waals surface area contributed by atoms with Crippen LogP contribution < -0.4 is 0 Å². The van der Waals surface area contributed by atoms with Crippen molar-refractivity contribution in [3.63, 3.8) is 0 Å². The predicted molar refractivity (Wildman–Crippen MR) is 232 cm³/mol. The van der Waals surface area contributed by atoms with Gasteiger partial charge in [0.05, 0.1) is 40.0 Å². The third-order valence-electron chi connectivity index (χ3n) is 10.9. The van der Waals surface area contributed by atoms with E-state index in [1.807, 2.05) is 66.7 Å². The van der Waals surface area contributed by atoms with Crippen molar-refractivity contribution in [2.75, 3.05) is 0 Å². The van der Waals surface area contributed by atoms with Gasteiger partial charge in [0.2, 0.25) is 0 Å². The van der Waals surface area contributed by atoms with Crippen LogP contribution in [0.25, 0.3) is 111 Å². The molecule has 0 aliphatic rings. The molecule has 8 aromatic carbocycles. The smallest absolute Gasteiger partial charge is 0.164 e. The Morgan fingerprint density at radius 1 is 0.404 bits per heavy atom. The molecule has 0 amide bonds. The minimum absolute atomic E-state index is 0.0230. The molecule has 6 heteroatoms. The van der Waals surface area contributed by atoms with E-state index in [2.05, 4.69) is 105 Å². The minimum atomic E-state index is -0.485. The number of fused-ring (bicyclic) bond motifs is 10. The quantitative estimate of drug-likeness (QED) is 0.177. The molecule has 0 saturated heterocycles. The Hall–Kier alpha value is -7.83. The standard InChI is InChI=1S/C51H31N5O/c1-4-15-32(16-5-1)49-52-50(33-17-6-2-7-18-33)54-51(53-49)34-27-28-38-45(31-34)57-44-26-14-25-41(46(38)44)56-40-24-13-11-22-37(40)48-43(56)30-29-42-47(48)36-21-10-12-23-39(36)55(42)35-19-8-3-9-20-35/h1-31H/i1D,4D,5D,15D,16D. The van der Waals surface area contributed by atoms with E-state index in [9.17, 15) is 0 Å². The molecule has 0 fully saturated rings. The maximum Gasteiger partial charge on any atom is 0.164 e. The maximum absolute atomic E-state index is 8.69. The summed E-state index contributed by atoms with van der Waals surface area (Å²) in [5.74, 6) is 0.547. The molecule has 4 heterocycles. The number of hydrogen-bond acceptors (Lipinski definition) is 4. The summed E-state index contributed by atoms with van der Waals surface area (Å²) in [5.41, 5.74) is 9.04. The first-order chi connectivity index (χ1) is 30.4. The van der Waals surface area contributed by atoms with Gasteiger partial charge in [-0.3, -0.25) is 0 Å². The van der Waals surface area contributed by atoms with Crippen LogP contribution in [0.3, 0.4) is 0 Å². The second kappa shape index (κ2) is 12.3. The predicted octanol–water partition coefficient (Wildman–Crippen LogP) is 13.0. The number of furan rings is 1. The Bertz CT molecular complexity index is 3790. The molecule has 0 saturated carbocycles. The Morgan fingerprint density at radius 2 is 1.00 bits per heavy atom. The van der Waals surface area contributed by atoms with E-state index in [4.69, 9.17) is 21.2 Å². The SMILES string of the molecule is [2H]c1c([2H])c([2H])c(-c2nc(-c3ccccc3)nc(-c3ccc4c(c3)oc3cccc(-n5c6ccccc6c6c7c8ccccc8n(-c8ccccc8)c7ccc65)c34)n2)c([2H])c1[2H].